The lowest BCUT2D eigenvalue weighted by Crippen LogP contribution is -2.56. The zero-order valence-electron chi connectivity index (χ0n) is 23.4. The van der Waals surface area contributed by atoms with Gasteiger partial charge in [0.15, 0.2) is 5.60 Å². The standard InChI is InChI=1S/C31H26F6N2O4/c1-28(2,3)43-27(40)16-4-5-17-11-41-31(18(17)6-16)19-7-21(32)23(38-12-29(34,35)13-38)9-25(19)42-26-10-24(22(33)8-20(26)31)39-14-30(36,37)15-39/h4-10H,11-15H2,1-3H3. The lowest BCUT2D eigenvalue weighted by Gasteiger charge is -2.43. The van der Waals surface area contributed by atoms with Crippen molar-refractivity contribution in [1.82, 2.24) is 0 Å². The summed E-state index contributed by atoms with van der Waals surface area (Å²) in [5, 5.41) is 0. The number of rotatable bonds is 3. The third kappa shape index (κ3) is 4.40. The van der Waals surface area contributed by atoms with Crippen LogP contribution in [-0.4, -0.2) is 49.6 Å². The molecule has 1 spiro atoms. The molecule has 0 unspecified atom stereocenters. The third-order valence-corrected chi connectivity index (χ3v) is 8.01. The number of alkyl halides is 4. The highest BCUT2D eigenvalue weighted by Gasteiger charge is 2.53. The molecule has 0 aromatic heterocycles. The van der Waals surface area contributed by atoms with Crippen LogP contribution in [0.3, 0.4) is 0 Å². The van der Waals surface area contributed by atoms with E-state index in [-0.39, 0.29) is 46.2 Å². The van der Waals surface area contributed by atoms with Crippen LogP contribution in [0.15, 0.2) is 42.5 Å². The van der Waals surface area contributed by atoms with Crippen molar-refractivity contribution >= 4 is 17.3 Å². The summed E-state index contributed by atoms with van der Waals surface area (Å²) in [4.78, 5) is 15.4. The summed E-state index contributed by atoms with van der Waals surface area (Å²) < 4.78 is 104. The number of nitrogens with zero attached hydrogens (tertiary/aromatic N) is 2. The number of halogens is 6. The fourth-order valence-corrected chi connectivity index (χ4v) is 6.12. The molecule has 4 aliphatic heterocycles. The van der Waals surface area contributed by atoms with Crippen molar-refractivity contribution in [2.45, 2.75) is 50.4 Å². The van der Waals surface area contributed by atoms with Gasteiger partial charge in [-0.15, -0.1) is 0 Å². The Morgan fingerprint density at radius 3 is 1.77 bits per heavy atom. The number of hydrogen-bond acceptors (Lipinski definition) is 6. The number of hydrogen-bond donors (Lipinski definition) is 0. The van der Waals surface area contributed by atoms with Gasteiger partial charge in [-0.05, 0) is 56.2 Å². The van der Waals surface area contributed by atoms with Crippen molar-refractivity contribution in [3.8, 4) is 11.5 Å². The van der Waals surface area contributed by atoms with Crippen LogP contribution in [-0.2, 0) is 21.7 Å². The molecule has 43 heavy (non-hydrogen) atoms. The summed E-state index contributed by atoms with van der Waals surface area (Å²) in [5.41, 5.74) is -1.21. The predicted molar refractivity (Wildman–Crippen MR) is 143 cm³/mol. The van der Waals surface area contributed by atoms with E-state index in [0.717, 1.165) is 12.1 Å². The van der Waals surface area contributed by atoms with E-state index in [9.17, 15) is 22.4 Å². The molecule has 0 N–H and O–H groups in total. The maximum atomic E-state index is 15.6. The third-order valence-electron chi connectivity index (χ3n) is 8.01. The zero-order valence-corrected chi connectivity index (χ0v) is 23.4. The monoisotopic (exact) mass is 604 g/mol. The highest BCUT2D eigenvalue weighted by Crippen LogP contribution is 2.58. The first-order valence-corrected chi connectivity index (χ1v) is 13.7. The molecule has 6 nitrogen and oxygen atoms in total. The number of carbonyl (C=O) groups excluding carboxylic acids is 1. The summed E-state index contributed by atoms with van der Waals surface area (Å²) in [6, 6.07) is 9.56. The highest BCUT2D eigenvalue weighted by atomic mass is 19.3. The van der Waals surface area contributed by atoms with Gasteiger partial charge in [0.2, 0.25) is 0 Å². The Balaban J connectivity index is 1.41. The fraction of sp³-hybridized carbons (Fsp3) is 0.387. The van der Waals surface area contributed by atoms with Crippen LogP contribution in [0.25, 0.3) is 0 Å². The van der Waals surface area contributed by atoms with Crippen LogP contribution in [0.5, 0.6) is 11.5 Å². The van der Waals surface area contributed by atoms with E-state index in [4.69, 9.17) is 14.2 Å². The van der Waals surface area contributed by atoms with Crippen molar-refractivity contribution in [2.75, 3.05) is 36.0 Å². The number of fused-ring (bicyclic) bond motifs is 6. The molecule has 0 bridgehead atoms. The van der Waals surface area contributed by atoms with Crippen molar-refractivity contribution in [1.29, 1.82) is 0 Å². The molecule has 4 aliphatic rings. The van der Waals surface area contributed by atoms with Crippen LogP contribution in [0, 0.1) is 11.6 Å². The van der Waals surface area contributed by atoms with Gasteiger partial charge in [0, 0.05) is 23.3 Å². The molecule has 0 atom stereocenters. The summed E-state index contributed by atoms with van der Waals surface area (Å²) in [7, 11) is 0. The Hall–Kier alpha value is -3.93. The molecule has 2 saturated heterocycles. The molecule has 4 heterocycles. The van der Waals surface area contributed by atoms with Crippen LogP contribution in [0.4, 0.5) is 37.7 Å². The van der Waals surface area contributed by atoms with Gasteiger partial charge < -0.3 is 24.0 Å². The molecule has 0 saturated carbocycles. The first kappa shape index (κ1) is 27.9. The van der Waals surface area contributed by atoms with E-state index in [0.29, 0.717) is 11.1 Å². The Kier molecular flexibility index (Phi) is 5.71. The molecule has 12 heteroatoms. The van der Waals surface area contributed by atoms with Gasteiger partial charge in [-0.1, -0.05) is 6.07 Å². The molecular weight excluding hydrogens is 578 g/mol. The highest BCUT2D eigenvalue weighted by molar-refractivity contribution is 5.90. The van der Waals surface area contributed by atoms with Crippen molar-refractivity contribution in [2.24, 2.45) is 0 Å². The molecular formula is C31H26F6N2O4. The molecule has 0 aliphatic carbocycles. The lowest BCUT2D eigenvalue weighted by atomic mass is 9.76. The number of ether oxygens (including phenoxy) is 3. The molecule has 0 amide bonds. The largest absolute Gasteiger partial charge is 0.456 e. The average Bonchev–Trinajstić information content (AvgIpc) is 3.25. The molecule has 3 aromatic rings. The van der Waals surface area contributed by atoms with Gasteiger partial charge in [-0.3, -0.25) is 0 Å². The minimum Gasteiger partial charge on any atom is -0.456 e. The minimum atomic E-state index is -2.96. The van der Waals surface area contributed by atoms with Gasteiger partial charge in [-0.25, -0.2) is 31.1 Å². The van der Waals surface area contributed by atoms with Gasteiger partial charge >= 0.3 is 5.97 Å². The summed E-state index contributed by atoms with van der Waals surface area (Å²) >= 11 is 0. The zero-order chi connectivity index (χ0) is 30.7. The van der Waals surface area contributed by atoms with E-state index >= 15 is 8.78 Å². The number of carbonyl (C=O) groups is 1. The summed E-state index contributed by atoms with van der Waals surface area (Å²) in [6.45, 7) is 2.45. The maximum absolute atomic E-state index is 15.6. The molecule has 226 valence electrons. The van der Waals surface area contributed by atoms with Crippen LogP contribution in [0.2, 0.25) is 0 Å². The average molecular weight is 605 g/mol. The topological polar surface area (TPSA) is 51.2 Å². The molecule has 2 fully saturated rings. The summed E-state index contributed by atoms with van der Waals surface area (Å²) in [5.74, 6) is -8.07. The van der Waals surface area contributed by atoms with Crippen molar-refractivity contribution in [3.05, 3.63) is 81.9 Å². The van der Waals surface area contributed by atoms with Crippen LogP contribution >= 0.6 is 0 Å². The number of esters is 1. The SMILES string of the molecule is CC(C)(C)OC(=O)c1ccc2c(c1)C1(OC2)c2cc(F)c(N3CC(F)(F)C3)cc2Oc2cc(N3CC(F)(F)C3)c(F)cc21. The fourth-order valence-electron chi connectivity index (χ4n) is 6.12. The predicted octanol–water partition coefficient (Wildman–Crippen LogP) is 6.76. The Labute approximate surface area is 242 Å². The Bertz CT molecular complexity index is 1610. The number of anilines is 2. The Morgan fingerprint density at radius 2 is 1.30 bits per heavy atom. The second-order valence-electron chi connectivity index (χ2n) is 12.5. The van der Waals surface area contributed by atoms with E-state index in [1.165, 1.54) is 21.9 Å². The second kappa shape index (κ2) is 8.81. The minimum absolute atomic E-state index is 0.00620. The molecule has 3 aromatic carbocycles. The maximum Gasteiger partial charge on any atom is 0.338 e. The van der Waals surface area contributed by atoms with Gasteiger partial charge in [-0.2, -0.15) is 0 Å². The Morgan fingerprint density at radius 1 is 0.791 bits per heavy atom. The number of benzene rings is 3. The van der Waals surface area contributed by atoms with Gasteiger partial charge in [0.05, 0.1) is 49.7 Å². The second-order valence-corrected chi connectivity index (χ2v) is 12.5. The normalized spacial score (nSPS) is 20.4. The van der Waals surface area contributed by atoms with Crippen molar-refractivity contribution in [3.63, 3.8) is 0 Å². The van der Waals surface area contributed by atoms with Crippen LogP contribution < -0.4 is 14.5 Å². The quantitative estimate of drug-likeness (QED) is 0.243. The van der Waals surface area contributed by atoms with E-state index in [1.807, 2.05) is 0 Å². The van der Waals surface area contributed by atoms with Crippen LogP contribution in [0.1, 0.15) is 53.4 Å². The first-order valence-electron chi connectivity index (χ1n) is 13.7. The molecule has 7 rings (SSSR count). The smallest absolute Gasteiger partial charge is 0.338 e. The van der Waals surface area contributed by atoms with Gasteiger partial charge in [0.1, 0.15) is 28.7 Å². The van der Waals surface area contributed by atoms with E-state index < -0.39 is 66.8 Å². The van der Waals surface area contributed by atoms with Crippen molar-refractivity contribution < 1.29 is 45.3 Å². The summed E-state index contributed by atoms with van der Waals surface area (Å²) in [6.07, 6.45) is 0. The first-order chi connectivity index (χ1) is 20.1. The lowest BCUT2D eigenvalue weighted by molar-refractivity contribution is -0.0272. The van der Waals surface area contributed by atoms with E-state index in [1.54, 1.807) is 39.0 Å². The van der Waals surface area contributed by atoms with E-state index in [2.05, 4.69) is 0 Å². The molecule has 0 radical (unpaired) electrons. The van der Waals surface area contributed by atoms with Gasteiger partial charge in [0.25, 0.3) is 11.8 Å².